The van der Waals surface area contributed by atoms with Gasteiger partial charge in [-0.1, -0.05) is 29.2 Å². The Bertz CT molecular complexity index is 551. The molecule has 0 saturated carbocycles. The molecule has 2 aromatic rings. The van der Waals surface area contributed by atoms with Crippen LogP contribution in [0.1, 0.15) is 5.56 Å². The second-order valence-electron chi connectivity index (χ2n) is 3.61. The Morgan fingerprint density at radius 3 is 2.95 bits per heavy atom. The molecule has 2 heterocycles. The first-order valence-corrected chi connectivity index (χ1v) is 7.31. The molecule has 0 atom stereocenters. The van der Waals surface area contributed by atoms with Crippen molar-refractivity contribution in [2.24, 2.45) is 0 Å². The molecule has 0 aromatic carbocycles. The molecule has 108 valence electrons. The third-order valence-corrected chi connectivity index (χ3v) is 4.49. The van der Waals surface area contributed by atoms with E-state index in [0.717, 1.165) is 15.7 Å². The summed E-state index contributed by atoms with van der Waals surface area (Å²) in [6.45, 7) is 0. The van der Waals surface area contributed by atoms with Crippen LogP contribution in [0.3, 0.4) is 0 Å². The smallest absolute Gasteiger partial charge is 0.323 e. The van der Waals surface area contributed by atoms with Gasteiger partial charge in [0.1, 0.15) is 0 Å². The van der Waals surface area contributed by atoms with Gasteiger partial charge in [-0.2, -0.15) is 0 Å². The maximum absolute atomic E-state index is 11.4. The largest absolute Gasteiger partial charge is 0.341 e. The highest BCUT2D eigenvalue weighted by Gasteiger charge is 2.14. The Morgan fingerprint density at radius 1 is 1.50 bits per heavy atom. The lowest BCUT2D eigenvalue weighted by atomic mass is 10.3. The number of nitrogens with one attached hydrogen (secondary N) is 1. The van der Waals surface area contributed by atoms with Gasteiger partial charge in [-0.05, 0) is 11.6 Å². The topological polar surface area (TPSA) is 71.0 Å². The number of pyridine rings is 1. The van der Waals surface area contributed by atoms with Crippen molar-refractivity contribution in [3.8, 4) is 0 Å². The molecule has 0 aliphatic carbocycles. The number of urea groups is 1. The molecule has 0 spiro atoms. The zero-order chi connectivity index (χ0) is 13.7. The zero-order valence-electron chi connectivity index (χ0n) is 10.9. The highest BCUT2D eigenvalue weighted by molar-refractivity contribution is 8.00. The zero-order valence-corrected chi connectivity index (χ0v) is 13.4. The molecule has 2 amide bonds. The van der Waals surface area contributed by atoms with Crippen LogP contribution in [0, 0.1) is 0 Å². The second kappa shape index (κ2) is 8.03. The maximum Gasteiger partial charge on any atom is 0.323 e. The third kappa shape index (κ3) is 4.32. The fourth-order valence-corrected chi connectivity index (χ4v) is 3.01. The minimum Gasteiger partial charge on any atom is -0.341 e. The Hall–Kier alpha value is -1.38. The van der Waals surface area contributed by atoms with Crippen LogP contribution in [0.2, 0.25) is 0 Å². The van der Waals surface area contributed by atoms with Crippen molar-refractivity contribution >= 4 is 46.7 Å². The summed E-state index contributed by atoms with van der Waals surface area (Å²) < 4.78 is 0.828. The third-order valence-electron chi connectivity index (χ3n) is 2.29. The summed E-state index contributed by atoms with van der Waals surface area (Å²) >= 11 is 2.97. The van der Waals surface area contributed by atoms with Gasteiger partial charge in [0, 0.05) is 32.2 Å². The number of hydrogen-bond donors (Lipinski definition) is 1. The van der Waals surface area contributed by atoms with E-state index >= 15 is 0 Å². The predicted octanol–water partition coefficient (Wildman–Crippen LogP) is 2.42. The normalized spacial score (nSPS) is 9.70. The van der Waals surface area contributed by atoms with Crippen LogP contribution < -0.4 is 10.2 Å². The molecule has 0 aliphatic heterocycles. The van der Waals surface area contributed by atoms with Crippen LogP contribution >= 0.6 is 35.5 Å². The molecule has 1 N–H and O–H groups in total. The van der Waals surface area contributed by atoms with E-state index < -0.39 is 0 Å². The van der Waals surface area contributed by atoms with E-state index in [0.29, 0.717) is 5.13 Å². The van der Waals surface area contributed by atoms with Crippen LogP contribution in [0.4, 0.5) is 9.93 Å². The molecule has 0 unspecified atom stereocenters. The van der Waals surface area contributed by atoms with Gasteiger partial charge in [-0.15, -0.1) is 22.6 Å². The number of rotatable bonds is 4. The molecule has 0 aliphatic rings. The van der Waals surface area contributed by atoms with Gasteiger partial charge in [0.2, 0.25) is 5.13 Å². The van der Waals surface area contributed by atoms with Crippen molar-refractivity contribution in [1.82, 2.24) is 20.5 Å². The summed E-state index contributed by atoms with van der Waals surface area (Å²) in [5.74, 6) is 0.784. The van der Waals surface area contributed by atoms with Gasteiger partial charge in [0.05, 0.1) is 0 Å². The first kappa shape index (κ1) is 16.7. The molecular formula is C11H14ClN5OS2. The quantitative estimate of drug-likeness (QED) is 0.688. The lowest BCUT2D eigenvalue weighted by Gasteiger charge is -2.10. The number of aromatic nitrogens is 3. The monoisotopic (exact) mass is 331 g/mol. The summed E-state index contributed by atoms with van der Waals surface area (Å²) in [4.78, 5) is 16.9. The molecule has 2 aromatic heterocycles. The number of halogens is 1. The molecule has 6 nitrogen and oxygen atoms in total. The Balaban J connectivity index is 0.00000200. The van der Waals surface area contributed by atoms with Gasteiger partial charge >= 0.3 is 6.03 Å². The van der Waals surface area contributed by atoms with Crippen LogP contribution in [-0.4, -0.2) is 35.3 Å². The highest BCUT2D eigenvalue weighted by atomic mass is 35.5. The van der Waals surface area contributed by atoms with Gasteiger partial charge in [-0.3, -0.25) is 9.88 Å². The Morgan fingerprint density at radius 2 is 2.30 bits per heavy atom. The van der Waals surface area contributed by atoms with Crippen molar-refractivity contribution in [1.29, 1.82) is 0 Å². The van der Waals surface area contributed by atoms with Gasteiger partial charge in [-0.25, -0.2) is 4.79 Å². The average molecular weight is 332 g/mol. The second-order valence-corrected chi connectivity index (χ2v) is 5.79. The molecule has 20 heavy (non-hydrogen) atoms. The Labute approximate surface area is 131 Å². The molecule has 2 rings (SSSR count). The number of carbonyl (C=O) groups is 1. The number of carbonyl (C=O) groups excluding carboxylic acids is 1. The fourth-order valence-electron chi connectivity index (χ4n) is 1.28. The van der Waals surface area contributed by atoms with Crippen LogP contribution in [0.15, 0.2) is 28.9 Å². The number of amides is 2. The van der Waals surface area contributed by atoms with E-state index in [2.05, 4.69) is 20.5 Å². The van der Waals surface area contributed by atoms with Crippen molar-refractivity contribution in [2.75, 3.05) is 19.0 Å². The summed E-state index contributed by atoms with van der Waals surface area (Å²) in [5.41, 5.74) is 1.13. The summed E-state index contributed by atoms with van der Waals surface area (Å²) in [6, 6.07) is 3.71. The molecule has 9 heteroatoms. The van der Waals surface area contributed by atoms with Crippen LogP contribution in [0.25, 0.3) is 0 Å². The van der Waals surface area contributed by atoms with Crippen molar-refractivity contribution < 1.29 is 4.79 Å². The number of nitrogens with zero attached hydrogens (tertiary/aromatic N) is 4. The van der Waals surface area contributed by atoms with Gasteiger partial charge in [0.15, 0.2) is 4.34 Å². The van der Waals surface area contributed by atoms with Crippen LogP contribution in [0.5, 0.6) is 0 Å². The van der Waals surface area contributed by atoms with E-state index in [9.17, 15) is 4.79 Å². The van der Waals surface area contributed by atoms with Gasteiger partial charge < -0.3 is 5.32 Å². The summed E-state index contributed by atoms with van der Waals surface area (Å²) in [7, 11) is 3.24. The van der Waals surface area contributed by atoms with E-state index in [4.69, 9.17) is 0 Å². The lowest BCUT2D eigenvalue weighted by Crippen LogP contribution is -2.34. The van der Waals surface area contributed by atoms with Crippen molar-refractivity contribution in [2.45, 2.75) is 10.1 Å². The Kier molecular flexibility index (Phi) is 6.69. The number of thioether (sulfide) groups is 1. The highest BCUT2D eigenvalue weighted by Crippen LogP contribution is 2.29. The number of hydrogen-bond acceptors (Lipinski definition) is 6. The maximum atomic E-state index is 11.4. The van der Waals surface area contributed by atoms with Crippen molar-refractivity contribution in [3.63, 3.8) is 0 Å². The average Bonchev–Trinajstić information content (AvgIpc) is 2.93. The molecule has 0 fully saturated rings. The minimum atomic E-state index is -0.208. The number of anilines is 1. The lowest BCUT2D eigenvalue weighted by molar-refractivity contribution is 0.249. The fraction of sp³-hybridized carbons (Fsp3) is 0.273. The standard InChI is InChI=1S/C11H13N5OS2.ClH/c1-12-9(17)16(2)10-14-15-11(19-10)18-7-8-4-3-5-13-6-8;/h3-6H,7H2,1-2H3,(H,12,17);1H. The van der Waals surface area contributed by atoms with E-state index in [1.807, 2.05) is 18.3 Å². The van der Waals surface area contributed by atoms with E-state index in [-0.39, 0.29) is 18.4 Å². The molecular weight excluding hydrogens is 318 g/mol. The van der Waals surface area contributed by atoms with Crippen LogP contribution in [-0.2, 0) is 5.75 Å². The van der Waals surface area contributed by atoms with E-state index in [1.54, 1.807) is 32.1 Å². The van der Waals surface area contributed by atoms with E-state index in [1.165, 1.54) is 16.2 Å². The molecule has 0 radical (unpaired) electrons. The molecule has 0 bridgehead atoms. The molecule has 0 saturated heterocycles. The predicted molar refractivity (Wildman–Crippen MR) is 83.8 cm³/mol. The first-order valence-electron chi connectivity index (χ1n) is 5.51. The minimum absolute atomic E-state index is 0. The summed E-state index contributed by atoms with van der Waals surface area (Å²) in [6.07, 6.45) is 3.57. The first-order chi connectivity index (χ1) is 9.20. The van der Waals surface area contributed by atoms with Crippen molar-refractivity contribution in [3.05, 3.63) is 30.1 Å². The SMILES string of the molecule is CNC(=O)N(C)c1nnc(SCc2cccnc2)s1.Cl. The summed E-state index contributed by atoms with van der Waals surface area (Å²) in [5, 5.41) is 11.2. The van der Waals surface area contributed by atoms with Gasteiger partial charge in [0.25, 0.3) is 0 Å².